The number of nitrogens with zero attached hydrogens (tertiary/aromatic N) is 2. The number of carbonyl (C=O) groups is 1. The van der Waals surface area contributed by atoms with Crippen LogP contribution in [0.3, 0.4) is 0 Å². The van der Waals surface area contributed by atoms with E-state index in [2.05, 4.69) is 5.32 Å². The fourth-order valence-corrected chi connectivity index (χ4v) is 3.52. The van der Waals surface area contributed by atoms with Crippen molar-refractivity contribution in [2.24, 2.45) is 0 Å². The first-order chi connectivity index (χ1) is 15.8. The van der Waals surface area contributed by atoms with Crippen LogP contribution in [0.4, 0.5) is 11.4 Å². The molecule has 7 nitrogen and oxygen atoms in total. The summed E-state index contributed by atoms with van der Waals surface area (Å²) in [5, 5.41) is 23.1. The molecule has 0 aliphatic carbocycles. The van der Waals surface area contributed by atoms with Crippen molar-refractivity contribution in [3.05, 3.63) is 103 Å². The highest BCUT2D eigenvalue weighted by molar-refractivity contribution is 6.40. The minimum Gasteiger partial charge on any atom is -0.489 e. The van der Waals surface area contributed by atoms with Gasteiger partial charge in [-0.3, -0.25) is 14.9 Å². The highest BCUT2D eigenvalue weighted by Crippen LogP contribution is 2.35. The van der Waals surface area contributed by atoms with Crippen molar-refractivity contribution in [2.45, 2.75) is 6.61 Å². The number of non-ortho nitro benzene ring substituents is 1. The number of nitro benzene ring substituents is 1. The lowest BCUT2D eigenvalue weighted by molar-refractivity contribution is -0.384. The first kappa shape index (κ1) is 24.1. The molecule has 0 radical (unpaired) electrons. The molecule has 1 N–H and O–H groups in total. The average molecular weight is 503 g/mol. The van der Waals surface area contributed by atoms with Gasteiger partial charge >= 0.3 is 0 Å². The predicted octanol–water partition coefficient (Wildman–Crippen LogP) is 6.68. The third kappa shape index (κ3) is 6.46. The molecule has 0 spiro atoms. The van der Waals surface area contributed by atoms with Gasteiger partial charge < -0.3 is 10.1 Å². The average Bonchev–Trinajstić information content (AvgIpc) is 2.79. The molecule has 0 saturated carbocycles. The maximum absolute atomic E-state index is 12.5. The van der Waals surface area contributed by atoms with Gasteiger partial charge in [-0.2, -0.15) is 5.26 Å². The number of nitriles is 1. The largest absolute Gasteiger partial charge is 0.489 e. The van der Waals surface area contributed by atoms with Crippen molar-refractivity contribution < 1.29 is 14.5 Å². The molecule has 10 heteroatoms. The summed E-state index contributed by atoms with van der Waals surface area (Å²) < 4.78 is 5.71. The second-order valence-electron chi connectivity index (χ2n) is 6.65. The number of hydrogen-bond acceptors (Lipinski definition) is 5. The first-order valence-electron chi connectivity index (χ1n) is 9.30. The summed E-state index contributed by atoms with van der Waals surface area (Å²) in [6.45, 7) is 0.332. The van der Waals surface area contributed by atoms with Gasteiger partial charge in [-0.15, -0.1) is 0 Å². The lowest BCUT2D eigenvalue weighted by Crippen LogP contribution is -2.14. The number of nitrogens with one attached hydrogen (secondary N) is 1. The quantitative estimate of drug-likeness (QED) is 0.168. The zero-order valence-corrected chi connectivity index (χ0v) is 19.0. The van der Waals surface area contributed by atoms with Crippen molar-refractivity contribution >= 4 is 58.2 Å². The smallest absolute Gasteiger partial charge is 0.272 e. The Kier molecular flexibility index (Phi) is 7.91. The van der Waals surface area contributed by atoms with Gasteiger partial charge in [-0.25, -0.2) is 0 Å². The lowest BCUT2D eigenvalue weighted by atomic mass is 10.1. The van der Waals surface area contributed by atoms with E-state index in [1.807, 2.05) is 18.2 Å². The van der Waals surface area contributed by atoms with Gasteiger partial charge in [-0.05, 0) is 41.5 Å². The van der Waals surface area contributed by atoms with Crippen molar-refractivity contribution in [2.75, 3.05) is 5.32 Å². The Labute approximate surface area is 203 Å². The third-order valence-corrected chi connectivity index (χ3v) is 5.16. The molecule has 0 heterocycles. The molecule has 3 aromatic rings. The van der Waals surface area contributed by atoms with E-state index in [4.69, 9.17) is 39.5 Å². The zero-order chi connectivity index (χ0) is 24.0. The van der Waals surface area contributed by atoms with Gasteiger partial charge in [0.15, 0.2) is 0 Å². The molecule has 0 atom stereocenters. The summed E-state index contributed by atoms with van der Waals surface area (Å²) >= 11 is 18.0. The molecule has 0 unspecified atom stereocenters. The molecule has 166 valence electrons. The number of carbonyl (C=O) groups excluding carboxylic acids is 1. The summed E-state index contributed by atoms with van der Waals surface area (Å²) in [5.74, 6) is -0.170. The minimum atomic E-state index is -0.767. The van der Waals surface area contributed by atoms with Crippen molar-refractivity contribution in [1.29, 1.82) is 5.26 Å². The third-order valence-electron chi connectivity index (χ3n) is 4.33. The maximum atomic E-state index is 12.5. The van der Waals surface area contributed by atoms with Gasteiger partial charge in [0.05, 0.1) is 20.7 Å². The normalized spacial score (nSPS) is 10.9. The second kappa shape index (κ2) is 10.8. The van der Waals surface area contributed by atoms with Gasteiger partial charge in [0, 0.05) is 17.2 Å². The van der Waals surface area contributed by atoms with Crippen LogP contribution >= 0.6 is 34.8 Å². The van der Waals surface area contributed by atoms with E-state index >= 15 is 0 Å². The number of rotatable bonds is 7. The molecule has 0 bridgehead atoms. The van der Waals surface area contributed by atoms with Crippen LogP contribution in [0.15, 0.2) is 66.2 Å². The number of ether oxygens (including phenoxy) is 1. The maximum Gasteiger partial charge on any atom is 0.272 e. The fraction of sp³-hybridized carbons (Fsp3) is 0.0435. The first-order valence-corrected chi connectivity index (χ1v) is 10.4. The van der Waals surface area contributed by atoms with Crippen LogP contribution in [-0.2, 0) is 11.4 Å². The van der Waals surface area contributed by atoms with Crippen LogP contribution in [0.5, 0.6) is 5.75 Å². The van der Waals surface area contributed by atoms with Crippen LogP contribution in [0.2, 0.25) is 15.1 Å². The monoisotopic (exact) mass is 501 g/mol. The molecule has 1 amide bonds. The standard InChI is InChI=1S/C23H14Cl3N3O4/c24-17-3-1-2-15(9-17)13-33-19-6-4-14(5-7-19)8-16(12-27)23(30)28-22-20(25)10-18(29(31)32)11-21(22)26/h1-11H,13H2,(H,28,30)/b16-8+. The summed E-state index contributed by atoms with van der Waals surface area (Å²) in [7, 11) is 0. The number of anilines is 1. The zero-order valence-electron chi connectivity index (χ0n) is 16.7. The van der Waals surface area contributed by atoms with Crippen molar-refractivity contribution in [1.82, 2.24) is 0 Å². The molecule has 3 aromatic carbocycles. The molecular weight excluding hydrogens is 489 g/mol. The van der Waals surface area contributed by atoms with E-state index in [1.165, 1.54) is 6.08 Å². The number of amides is 1. The van der Waals surface area contributed by atoms with E-state index in [-0.39, 0.29) is 27.0 Å². The van der Waals surface area contributed by atoms with Crippen LogP contribution in [-0.4, -0.2) is 10.8 Å². The van der Waals surface area contributed by atoms with E-state index in [0.29, 0.717) is 22.9 Å². The Morgan fingerprint density at radius 1 is 1.09 bits per heavy atom. The second-order valence-corrected chi connectivity index (χ2v) is 7.90. The summed E-state index contributed by atoms with van der Waals surface area (Å²) in [6.07, 6.45) is 1.38. The van der Waals surface area contributed by atoms with Crippen LogP contribution in [0.1, 0.15) is 11.1 Å². The molecule has 0 fully saturated rings. The highest BCUT2D eigenvalue weighted by atomic mass is 35.5. The summed E-state index contributed by atoms with van der Waals surface area (Å²) in [5.41, 5.74) is 0.931. The number of nitro groups is 1. The van der Waals surface area contributed by atoms with Gasteiger partial charge in [-0.1, -0.05) is 59.1 Å². The molecule has 0 aromatic heterocycles. The lowest BCUT2D eigenvalue weighted by Gasteiger charge is -2.09. The van der Waals surface area contributed by atoms with Crippen molar-refractivity contribution in [3.8, 4) is 11.8 Å². The molecule has 0 aliphatic rings. The summed E-state index contributed by atoms with van der Waals surface area (Å²) in [6, 6.07) is 18.0. The topological polar surface area (TPSA) is 105 Å². The van der Waals surface area contributed by atoms with Crippen LogP contribution < -0.4 is 10.1 Å². The Bertz CT molecular complexity index is 1260. The number of benzene rings is 3. The van der Waals surface area contributed by atoms with Crippen LogP contribution in [0.25, 0.3) is 6.08 Å². The SMILES string of the molecule is N#C/C(=C\c1ccc(OCc2cccc(Cl)c2)cc1)C(=O)Nc1c(Cl)cc([N+](=O)[O-])cc1Cl. The number of halogens is 3. The van der Waals surface area contributed by atoms with Gasteiger partial charge in [0.1, 0.15) is 24.0 Å². The highest BCUT2D eigenvalue weighted by Gasteiger charge is 2.18. The predicted molar refractivity (Wildman–Crippen MR) is 128 cm³/mol. The van der Waals surface area contributed by atoms with Crippen molar-refractivity contribution in [3.63, 3.8) is 0 Å². The van der Waals surface area contributed by atoms with E-state index in [1.54, 1.807) is 36.4 Å². The Morgan fingerprint density at radius 2 is 1.76 bits per heavy atom. The molecule has 33 heavy (non-hydrogen) atoms. The minimum absolute atomic E-state index is 0.0279. The van der Waals surface area contributed by atoms with Crippen LogP contribution in [0, 0.1) is 21.4 Å². The molecule has 0 saturated heterocycles. The van der Waals surface area contributed by atoms with E-state index < -0.39 is 10.8 Å². The Morgan fingerprint density at radius 3 is 2.33 bits per heavy atom. The molecular formula is C23H14Cl3N3O4. The van der Waals surface area contributed by atoms with Gasteiger partial charge in [0.2, 0.25) is 0 Å². The summed E-state index contributed by atoms with van der Waals surface area (Å²) in [4.78, 5) is 22.8. The number of hydrogen-bond donors (Lipinski definition) is 1. The fourth-order valence-electron chi connectivity index (χ4n) is 2.73. The Balaban J connectivity index is 1.70. The van der Waals surface area contributed by atoms with Gasteiger partial charge in [0.25, 0.3) is 11.6 Å². The molecule has 0 aliphatic heterocycles. The van der Waals surface area contributed by atoms with E-state index in [9.17, 15) is 20.2 Å². The van der Waals surface area contributed by atoms with E-state index in [0.717, 1.165) is 17.7 Å². The molecule has 3 rings (SSSR count). The Hall–Kier alpha value is -3.57.